The third kappa shape index (κ3) is 5.06. The maximum atomic E-state index is 6.78. The molecule has 2 heterocycles. The van der Waals surface area contributed by atoms with Gasteiger partial charge in [-0.05, 0) is 116 Å². The molecule has 8 aromatic carbocycles. The Bertz CT molecular complexity index is 2780. The number of rotatable bonds is 6. The standard InChI is InChI=1S/C52H39BN2O/c1-52(2)43-31-40(54(38-20-11-5-12-21-38)34-35-16-7-3-8-17-35)27-28-41(43)42-32-48-45(33-44(42)52)53-46-30-37(36-18-9-4-10-19-36)26-29-49(46)56-50-25-15-24-47(51(50)53)55(48)39-22-13-6-14-23-39/h3-33H,34H2,1-2H3. The first-order chi connectivity index (χ1) is 27.5. The maximum Gasteiger partial charge on any atom is 0.256 e. The third-order valence-corrected chi connectivity index (χ3v) is 12.2. The second-order valence-corrected chi connectivity index (χ2v) is 15.7. The summed E-state index contributed by atoms with van der Waals surface area (Å²) in [6, 6.07) is 68.4. The monoisotopic (exact) mass is 718 g/mol. The second-order valence-electron chi connectivity index (χ2n) is 15.7. The Morgan fingerprint density at radius 3 is 1.98 bits per heavy atom. The molecule has 2 aliphatic heterocycles. The Morgan fingerprint density at radius 1 is 0.518 bits per heavy atom. The molecule has 0 atom stereocenters. The largest absolute Gasteiger partial charge is 0.458 e. The Morgan fingerprint density at radius 2 is 1.21 bits per heavy atom. The van der Waals surface area contributed by atoms with Gasteiger partial charge in [-0.2, -0.15) is 0 Å². The van der Waals surface area contributed by atoms with Crippen LogP contribution in [0.3, 0.4) is 0 Å². The van der Waals surface area contributed by atoms with Crippen molar-refractivity contribution in [2.45, 2.75) is 25.8 Å². The van der Waals surface area contributed by atoms with Crippen LogP contribution in [0.25, 0.3) is 22.3 Å². The van der Waals surface area contributed by atoms with E-state index in [0.29, 0.717) is 0 Å². The molecule has 4 heteroatoms. The molecule has 0 radical (unpaired) electrons. The molecule has 1 aliphatic carbocycles. The molecule has 0 bridgehead atoms. The second kappa shape index (κ2) is 12.6. The van der Waals surface area contributed by atoms with Crippen LogP contribution < -0.4 is 30.9 Å². The lowest BCUT2D eigenvalue weighted by atomic mass is 9.34. The average Bonchev–Trinajstić information content (AvgIpc) is 3.47. The maximum absolute atomic E-state index is 6.78. The van der Waals surface area contributed by atoms with E-state index in [0.717, 1.165) is 29.4 Å². The molecule has 0 spiro atoms. The highest BCUT2D eigenvalue weighted by Gasteiger charge is 2.45. The van der Waals surface area contributed by atoms with E-state index in [1.54, 1.807) is 0 Å². The van der Waals surface area contributed by atoms with Crippen LogP contribution in [-0.2, 0) is 12.0 Å². The van der Waals surface area contributed by atoms with Gasteiger partial charge in [0.25, 0.3) is 6.71 Å². The van der Waals surface area contributed by atoms with Gasteiger partial charge in [-0.15, -0.1) is 0 Å². The van der Waals surface area contributed by atoms with Crippen molar-refractivity contribution in [2.75, 3.05) is 9.80 Å². The summed E-state index contributed by atoms with van der Waals surface area (Å²) < 4.78 is 6.78. The van der Waals surface area contributed by atoms with Crippen LogP contribution in [0.2, 0.25) is 0 Å². The minimum atomic E-state index is -0.234. The SMILES string of the molecule is CC1(C)c2cc(N(Cc3ccccc3)c3ccccc3)ccc2-c2cc3c(cc21)B1c2cc(-c4ccccc4)ccc2Oc2cccc(c21)N3c1ccccc1. The predicted molar refractivity (Wildman–Crippen MR) is 234 cm³/mol. The van der Waals surface area contributed by atoms with E-state index in [4.69, 9.17) is 4.74 Å². The molecule has 56 heavy (non-hydrogen) atoms. The third-order valence-electron chi connectivity index (χ3n) is 12.2. The van der Waals surface area contributed by atoms with E-state index >= 15 is 0 Å². The minimum absolute atomic E-state index is 0.00314. The van der Waals surface area contributed by atoms with E-state index < -0.39 is 0 Å². The molecule has 0 aromatic heterocycles. The predicted octanol–water partition coefficient (Wildman–Crippen LogP) is 11.4. The topological polar surface area (TPSA) is 15.7 Å². The van der Waals surface area contributed by atoms with E-state index in [-0.39, 0.29) is 12.1 Å². The molecule has 3 nitrogen and oxygen atoms in total. The number of hydrogen-bond donors (Lipinski definition) is 0. The molecule has 0 amide bonds. The molecular formula is C52H39BN2O. The van der Waals surface area contributed by atoms with Crippen LogP contribution in [0.4, 0.5) is 28.4 Å². The lowest BCUT2D eigenvalue weighted by Gasteiger charge is -2.40. The van der Waals surface area contributed by atoms with Crippen molar-refractivity contribution in [1.29, 1.82) is 0 Å². The molecule has 0 saturated heterocycles. The number of benzene rings is 8. The molecule has 0 unspecified atom stereocenters. The molecule has 8 aromatic rings. The fraction of sp³-hybridized carbons (Fsp3) is 0.0769. The smallest absolute Gasteiger partial charge is 0.256 e. The van der Waals surface area contributed by atoms with Gasteiger partial charge >= 0.3 is 0 Å². The summed E-state index contributed by atoms with van der Waals surface area (Å²) in [5.74, 6) is 1.84. The summed E-state index contributed by atoms with van der Waals surface area (Å²) in [4.78, 5) is 4.90. The van der Waals surface area contributed by atoms with Gasteiger partial charge in [0.1, 0.15) is 11.5 Å². The fourth-order valence-electron chi connectivity index (χ4n) is 9.44. The Kier molecular flexibility index (Phi) is 7.37. The van der Waals surface area contributed by atoms with Crippen LogP contribution >= 0.6 is 0 Å². The van der Waals surface area contributed by atoms with E-state index in [9.17, 15) is 0 Å². The van der Waals surface area contributed by atoms with Gasteiger partial charge in [0.15, 0.2) is 0 Å². The molecule has 0 fully saturated rings. The molecule has 266 valence electrons. The van der Waals surface area contributed by atoms with Crippen LogP contribution in [0, 0.1) is 0 Å². The van der Waals surface area contributed by atoms with E-state index in [1.807, 2.05) is 0 Å². The van der Waals surface area contributed by atoms with E-state index in [2.05, 4.69) is 212 Å². The van der Waals surface area contributed by atoms with Crippen LogP contribution in [0.1, 0.15) is 30.5 Å². The first-order valence-electron chi connectivity index (χ1n) is 19.6. The van der Waals surface area contributed by atoms with Gasteiger partial charge in [0.05, 0.1) is 0 Å². The van der Waals surface area contributed by atoms with Crippen molar-refractivity contribution in [3.63, 3.8) is 0 Å². The highest BCUT2D eigenvalue weighted by molar-refractivity contribution is 6.99. The van der Waals surface area contributed by atoms with Crippen LogP contribution in [0.5, 0.6) is 11.5 Å². The number of para-hydroxylation sites is 2. The zero-order chi connectivity index (χ0) is 37.4. The number of nitrogens with zero attached hydrogens (tertiary/aromatic N) is 2. The van der Waals surface area contributed by atoms with Crippen molar-refractivity contribution in [3.8, 4) is 33.8 Å². The summed E-state index contributed by atoms with van der Waals surface area (Å²) in [6.45, 7) is 5.59. The van der Waals surface area contributed by atoms with Crippen molar-refractivity contribution >= 4 is 51.5 Å². The van der Waals surface area contributed by atoms with Crippen LogP contribution in [-0.4, -0.2) is 6.71 Å². The highest BCUT2D eigenvalue weighted by atomic mass is 16.5. The molecule has 0 saturated carbocycles. The lowest BCUT2D eigenvalue weighted by molar-refractivity contribution is 0.487. The number of anilines is 5. The summed E-state index contributed by atoms with van der Waals surface area (Å²) in [5.41, 5.74) is 18.4. The van der Waals surface area contributed by atoms with Gasteiger partial charge in [-0.1, -0.05) is 141 Å². The first-order valence-corrected chi connectivity index (χ1v) is 19.6. The first kappa shape index (κ1) is 32.6. The van der Waals surface area contributed by atoms with E-state index in [1.165, 1.54) is 72.4 Å². The van der Waals surface area contributed by atoms with Crippen molar-refractivity contribution in [1.82, 2.24) is 0 Å². The fourth-order valence-corrected chi connectivity index (χ4v) is 9.44. The summed E-state index contributed by atoms with van der Waals surface area (Å²) in [6.07, 6.45) is 0. The zero-order valence-electron chi connectivity index (χ0n) is 31.5. The van der Waals surface area contributed by atoms with Gasteiger partial charge < -0.3 is 14.5 Å². The Balaban J connectivity index is 1.11. The highest BCUT2D eigenvalue weighted by Crippen LogP contribution is 2.52. The number of ether oxygens (including phenoxy) is 1. The number of hydrogen-bond acceptors (Lipinski definition) is 3. The Labute approximate surface area is 329 Å². The minimum Gasteiger partial charge on any atom is -0.458 e. The van der Waals surface area contributed by atoms with Gasteiger partial charge in [-0.3, -0.25) is 0 Å². The molecular weight excluding hydrogens is 679 g/mol. The van der Waals surface area contributed by atoms with Crippen molar-refractivity contribution in [2.24, 2.45) is 0 Å². The summed E-state index contributed by atoms with van der Waals surface area (Å²) in [7, 11) is 0. The molecule has 0 N–H and O–H groups in total. The van der Waals surface area contributed by atoms with Crippen LogP contribution in [0.15, 0.2) is 188 Å². The average molecular weight is 719 g/mol. The zero-order valence-corrected chi connectivity index (χ0v) is 31.5. The van der Waals surface area contributed by atoms with Gasteiger partial charge in [0, 0.05) is 40.4 Å². The molecule has 3 aliphatic rings. The summed E-state index contributed by atoms with van der Waals surface area (Å²) in [5, 5.41) is 0. The van der Waals surface area contributed by atoms with Crippen molar-refractivity contribution in [3.05, 3.63) is 205 Å². The normalized spacial score (nSPS) is 13.8. The van der Waals surface area contributed by atoms with Gasteiger partial charge in [0.2, 0.25) is 0 Å². The Hall–Kier alpha value is -6.78. The summed E-state index contributed by atoms with van der Waals surface area (Å²) >= 11 is 0. The number of fused-ring (bicyclic) bond motifs is 7. The van der Waals surface area contributed by atoms with Crippen molar-refractivity contribution < 1.29 is 4.74 Å². The quantitative estimate of drug-likeness (QED) is 0.159. The van der Waals surface area contributed by atoms with Gasteiger partial charge in [-0.25, -0.2) is 0 Å². The lowest BCUT2D eigenvalue weighted by Crippen LogP contribution is -2.59. The molecule has 11 rings (SSSR count).